The van der Waals surface area contributed by atoms with Crippen LogP contribution in [0.1, 0.15) is 42.9 Å². The number of hydrogen-bond donors (Lipinski definition) is 2. The number of nitrogens with two attached hydrogens (primary N) is 1. The summed E-state index contributed by atoms with van der Waals surface area (Å²) in [6.07, 6.45) is 4.96. The summed E-state index contributed by atoms with van der Waals surface area (Å²) in [5.41, 5.74) is 9.80. The third kappa shape index (κ3) is 3.13. The highest BCUT2D eigenvalue weighted by atomic mass is 35.5. The molecule has 1 heterocycles. The van der Waals surface area contributed by atoms with Gasteiger partial charge in [0.05, 0.1) is 28.4 Å². The van der Waals surface area contributed by atoms with Crippen LogP contribution in [0, 0.1) is 24.1 Å². The standard InChI is InChI=1S/C22H21ClFN3O/c1-12-6-21-17(7-13(12)10-25)19(18-8-14(24)9-20(26)22(18)23)11-27(21)15-2-4-16(28)5-3-15/h6-9,11,15-16,28H,2-5,26H2,1H3. The van der Waals surface area contributed by atoms with Crippen molar-refractivity contribution in [1.82, 2.24) is 4.57 Å². The van der Waals surface area contributed by atoms with E-state index >= 15 is 0 Å². The van der Waals surface area contributed by atoms with Crippen molar-refractivity contribution in [2.45, 2.75) is 44.8 Å². The van der Waals surface area contributed by atoms with Crippen LogP contribution in [-0.2, 0) is 0 Å². The summed E-state index contributed by atoms with van der Waals surface area (Å²) in [5.74, 6) is -0.453. The van der Waals surface area contributed by atoms with Crippen LogP contribution in [0.5, 0.6) is 0 Å². The summed E-state index contributed by atoms with van der Waals surface area (Å²) in [6.45, 7) is 1.91. The van der Waals surface area contributed by atoms with Crippen molar-refractivity contribution in [1.29, 1.82) is 5.26 Å². The SMILES string of the molecule is Cc1cc2c(cc1C#N)c(-c1cc(F)cc(N)c1Cl)cn2C1CCC(O)CC1. The zero-order chi connectivity index (χ0) is 20.0. The predicted octanol–water partition coefficient (Wildman–Crippen LogP) is 5.34. The zero-order valence-corrected chi connectivity index (χ0v) is 16.3. The molecule has 0 radical (unpaired) electrons. The van der Waals surface area contributed by atoms with E-state index in [-0.39, 0.29) is 17.8 Å². The number of aliphatic hydroxyl groups is 1. The molecule has 2 aromatic carbocycles. The molecule has 0 saturated heterocycles. The molecule has 4 nitrogen and oxygen atoms in total. The number of nitrogens with zero attached hydrogens (tertiary/aromatic N) is 2. The first kappa shape index (κ1) is 18.8. The summed E-state index contributed by atoms with van der Waals surface area (Å²) >= 11 is 6.42. The predicted molar refractivity (Wildman–Crippen MR) is 110 cm³/mol. The van der Waals surface area contributed by atoms with E-state index in [1.807, 2.05) is 25.3 Å². The second-order valence-electron chi connectivity index (χ2n) is 7.57. The van der Waals surface area contributed by atoms with Crippen LogP contribution in [0.15, 0.2) is 30.5 Å². The van der Waals surface area contributed by atoms with Gasteiger partial charge in [0.25, 0.3) is 0 Å². The van der Waals surface area contributed by atoms with E-state index in [0.717, 1.165) is 47.7 Å². The first-order valence-corrected chi connectivity index (χ1v) is 9.75. The van der Waals surface area contributed by atoms with E-state index in [4.69, 9.17) is 17.3 Å². The summed E-state index contributed by atoms with van der Waals surface area (Å²) in [6, 6.07) is 8.88. The number of benzene rings is 2. The van der Waals surface area contributed by atoms with Crippen LogP contribution in [-0.4, -0.2) is 15.8 Å². The largest absolute Gasteiger partial charge is 0.397 e. The maximum Gasteiger partial charge on any atom is 0.125 e. The molecular formula is C22H21ClFN3O. The van der Waals surface area contributed by atoms with Crippen LogP contribution in [0.4, 0.5) is 10.1 Å². The second kappa shape index (κ2) is 7.12. The maximum atomic E-state index is 14.1. The number of hydrogen-bond acceptors (Lipinski definition) is 3. The number of rotatable bonds is 2. The third-order valence-corrected chi connectivity index (χ3v) is 6.14. The Bertz CT molecular complexity index is 1110. The molecule has 4 rings (SSSR count). The van der Waals surface area contributed by atoms with Crippen LogP contribution in [0.3, 0.4) is 0 Å². The minimum absolute atomic E-state index is 0.186. The Labute approximate surface area is 167 Å². The zero-order valence-electron chi connectivity index (χ0n) is 15.5. The number of nitrogen functional groups attached to an aromatic ring is 1. The first-order chi connectivity index (χ1) is 13.4. The van der Waals surface area contributed by atoms with Gasteiger partial charge in [-0.25, -0.2) is 4.39 Å². The highest BCUT2D eigenvalue weighted by Crippen LogP contribution is 2.41. The molecule has 0 spiro atoms. The number of nitriles is 1. The van der Waals surface area contributed by atoms with Crippen LogP contribution >= 0.6 is 11.6 Å². The fraction of sp³-hybridized carbons (Fsp3) is 0.318. The minimum Gasteiger partial charge on any atom is -0.397 e. The maximum absolute atomic E-state index is 14.1. The van der Waals surface area contributed by atoms with Gasteiger partial charge in [0.2, 0.25) is 0 Å². The van der Waals surface area contributed by atoms with Gasteiger partial charge in [0.15, 0.2) is 0 Å². The number of aliphatic hydroxyl groups excluding tert-OH is 1. The van der Waals surface area contributed by atoms with Gasteiger partial charge < -0.3 is 15.4 Å². The molecule has 0 unspecified atom stereocenters. The van der Waals surface area contributed by atoms with Crippen molar-refractivity contribution >= 4 is 28.2 Å². The van der Waals surface area contributed by atoms with Crippen molar-refractivity contribution in [2.75, 3.05) is 5.73 Å². The molecule has 6 heteroatoms. The Morgan fingerprint density at radius 2 is 1.89 bits per heavy atom. The quantitative estimate of drug-likeness (QED) is 0.573. The lowest BCUT2D eigenvalue weighted by molar-refractivity contribution is 0.111. The molecule has 144 valence electrons. The van der Waals surface area contributed by atoms with Gasteiger partial charge in [-0.3, -0.25) is 0 Å². The number of fused-ring (bicyclic) bond motifs is 1. The lowest BCUT2D eigenvalue weighted by atomic mass is 9.93. The van der Waals surface area contributed by atoms with Crippen LogP contribution in [0.2, 0.25) is 5.02 Å². The molecule has 1 fully saturated rings. The van der Waals surface area contributed by atoms with Crippen molar-refractivity contribution in [3.63, 3.8) is 0 Å². The lowest BCUT2D eigenvalue weighted by Crippen LogP contribution is -2.20. The van der Waals surface area contributed by atoms with Crippen LogP contribution < -0.4 is 5.73 Å². The molecule has 1 aliphatic carbocycles. The Kier molecular flexibility index (Phi) is 4.78. The Hall–Kier alpha value is -2.55. The van der Waals surface area contributed by atoms with Gasteiger partial charge in [0.1, 0.15) is 5.82 Å². The van der Waals surface area contributed by atoms with Crippen molar-refractivity contribution in [2.24, 2.45) is 0 Å². The number of aryl methyl sites for hydroxylation is 1. The molecule has 28 heavy (non-hydrogen) atoms. The molecule has 0 bridgehead atoms. The molecule has 0 atom stereocenters. The van der Waals surface area contributed by atoms with E-state index in [0.29, 0.717) is 16.1 Å². The molecule has 1 aliphatic rings. The number of anilines is 1. The average Bonchev–Trinajstić information content (AvgIpc) is 3.02. The van der Waals surface area contributed by atoms with Crippen molar-refractivity contribution in [3.8, 4) is 17.2 Å². The Morgan fingerprint density at radius 1 is 1.18 bits per heavy atom. The van der Waals surface area contributed by atoms with Gasteiger partial charge in [-0.2, -0.15) is 5.26 Å². The highest BCUT2D eigenvalue weighted by Gasteiger charge is 2.24. The van der Waals surface area contributed by atoms with Crippen LogP contribution in [0.25, 0.3) is 22.0 Å². The van der Waals surface area contributed by atoms with Gasteiger partial charge in [-0.1, -0.05) is 11.6 Å². The van der Waals surface area contributed by atoms with E-state index in [9.17, 15) is 14.8 Å². The van der Waals surface area contributed by atoms with Gasteiger partial charge >= 0.3 is 0 Å². The molecular weight excluding hydrogens is 377 g/mol. The lowest BCUT2D eigenvalue weighted by Gasteiger charge is -2.27. The fourth-order valence-electron chi connectivity index (χ4n) is 4.18. The van der Waals surface area contributed by atoms with E-state index < -0.39 is 5.82 Å². The molecule has 1 saturated carbocycles. The highest BCUT2D eigenvalue weighted by molar-refractivity contribution is 6.36. The van der Waals surface area contributed by atoms with Gasteiger partial charge in [-0.15, -0.1) is 0 Å². The second-order valence-corrected chi connectivity index (χ2v) is 7.94. The molecule has 1 aromatic heterocycles. The average molecular weight is 398 g/mol. The van der Waals surface area contributed by atoms with E-state index in [2.05, 4.69) is 10.6 Å². The number of aromatic nitrogens is 1. The van der Waals surface area contributed by atoms with Crippen molar-refractivity contribution < 1.29 is 9.50 Å². The monoisotopic (exact) mass is 397 g/mol. The molecule has 3 aromatic rings. The summed E-state index contributed by atoms with van der Waals surface area (Å²) in [7, 11) is 0. The fourth-order valence-corrected chi connectivity index (χ4v) is 4.39. The van der Waals surface area contributed by atoms with E-state index in [1.165, 1.54) is 12.1 Å². The third-order valence-electron chi connectivity index (χ3n) is 5.71. The van der Waals surface area contributed by atoms with Crippen molar-refractivity contribution in [3.05, 3.63) is 52.4 Å². The molecule has 0 amide bonds. The normalized spacial score (nSPS) is 19.7. The molecule has 3 N–H and O–H groups in total. The number of halogens is 2. The smallest absolute Gasteiger partial charge is 0.125 e. The summed E-state index contributed by atoms with van der Waals surface area (Å²) in [4.78, 5) is 0. The Morgan fingerprint density at radius 3 is 2.57 bits per heavy atom. The minimum atomic E-state index is -0.453. The van der Waals surface area contributed by atoms with Gasteiger partial charge in [-0.05, 0) is 62.4 Å². The van der Waals surface area contributed by atoms with Gasteiger partial charge in [0, 0.05) is 34.3 Å². The summed E-state index contributed by atoms with van der Waals surface area (Å²) < 4.78 is 16.3. The topological polar surface area (TPSA) is 75.0 Å². The first-order valence-electron chi connectivity index (χ1n) is 9.37. The molecule has 0 aliphatic heterocycles. The van der Waals surface area contributed by atoms with E-state index in [1.54, 1.807) is 0 Å². The summed E-state index contributed by atoms with van der Waals surface area (Å²) in [5, 5.41) is 20.5. The Balaban J connectivity index is 1.98.